The molecule has 2 amide bonds. The van der Waals surface area contributed by atoms with Crippen molar-refractivity contribution in [1.29, 1.82) is 0 Å². The van der Waals surface area contributed by atoms with Crippen molar-refractivity contribution in [3.8, 4) is 0 Å². The molecule has 2 heterocycles. The van der Waals surface area contributed by atoms with Crippen molar-refractivity contribution in [3.63, 3.8) is 0 Å². The summed E-state index contributed by atoms with van der Waals surface area (Å²) in [6, 6.07) is 3.26. The predicted molar refractivity (Wildman–Crippen MR) is 99.5 cm³/mol. The molecule has 1 saturated carbocycles. The highest BCUT2D eigenvalue weighted by Gasteiger charge is 2.61. The van der Waals surface area contributed by atoms with Crippen LogP contribution >= 0.6 is 13.5 Å². The SMILES string of the molecule is Cc1ccc(NC(=O)[C@H]2CC23CCN(C(=O)OC(C(F)(F)F)C(F)(F)F)CC3)nn1.S. The van der Waals surface area contributed by atoms with Crippen LogP contribution in [-0.2, 0) is 9.53 Å². The first-order chi connectivity index (χ1) is 13.8. The van der Waals surface area contributed by atoms with Crippen LogP contribution < -0.4 is 5.32 Å². The van der Waals surface area contributed by atoms with Crippen molar-refractivity contribution in [2.24, 2.45) is 11.3 Å². The third-order valence-electron chi connectivity index (χ3n) is 5.39. The van der Waals surface area contributed by atoms with Crippen molar-refractivity contribution >= 4 is 31.3 Å². The van der Waals surface area contributed by atoms with E-state index in [4.69, 9.17) is 0 Å². The Kier molecular flexibility index (Phi) is 7.03. The van der Waals surface area contributed by atoms with Gasteiger partial charge in [-0.05, 0) is 43.7 Å². The summed E-state index contributed by atoms with van der Waals surface area (Å²) in [6.07, 6.45) is -16.3. The van der Waals surface area contributed by atoms with Crippen LogP contribution in [0.5, 0.6) is 0 Å². The molecule has 2 aliphatic rings. The van der Waals surface area contributed by atoms with Crippen LogP contribution in [0, 0.1) is 18.3 Å². The number of hydrogen-bond acceptors (Lipinski definition) is 5. The molecule has 1 aliphatic heterocycles. The molecule has 0 aromatic carbocycles. The number of ether oxygens (including phenoxy) is 1. The molecule has 1 saturated heterocycles. The average molecular weight is 474 g/mol. The van der Waals surface area contributed by atoms with Crippen molar-refractivity contribution in [1.82, 2.24) is 15.1 Å². The molecule has 1 N–H and O–H groups in total. The minimum atomic E-state index is -5.76. The fourth-order valence-corrected chi connectivity index (χ4v) is 3.58. The van der Waals surface area contributed by atoms with Crippen molar-refractivity contribution < 1.29 is 40.7 Å². The Morgan fingerprint density at radius 1 is 1.13 bits per heavy atom. The van der Waals surface area contributed by atoms with Crippen LogP contribution in [0.2, 0.25) is 0 Å². The zero-order valence-electron chi connectivity index (χ0n) is 16.2. The van der Waals surface area contributed by atoms with Gasteiger partial charge >= 0.3 is 18.4 Å². The molecule has 14 heteroatoms. The number of anilines is 1. The van der Waals surface area contributed by atoms with Crippen LogP contribution in [0.3, 0.4) is 0 Å². The zero-order chi connectivity index (χ0) is 22.3. The maximum Gasteiger partial charge on any atom is 0.434 e. The highest BCUT2D eigenvalue weighted by molar-refractivity contribution is 7.59. The van der Waals surface area contributed by atoms with E-state index in [2.05, 4.69) is 20.3 Å². The van der Waals surface area contributed by atoms with E-state index in [0.717, 1.165) is 4.90 Å². The number of piperidine rings is 1. The lowest BCUT2D eigenvalue weighted by molar-refractivity contribution is -0.308. The van der Waals surface area contributed by atoms with Gasteiger partial charge < -0.3 is 15.0 Å². The zero-order valence-corrected chi connectivity index (χ0v) is 17.2. The Hall–Kier alpha value is -2.25. The normalized spacial score (nSPS) is 20.3. The van der Waals surface area contributed by atoms with Gasteiger partial charge in [0.1, 0.15) is 0 Å². The van der Waals surface area contributed by atoms with E-state index in [1.807, 2.05) is 0 Å². The number of rotatable bonds is 3. The van der Waals surface area contributed by atoms with Gasteiger partial charge in [-0.3, -0.25) is 4.79 Å². The number of amides is 2. The van der Waals surface area contributed by atoms with Crippen LogP contribution in [-0.4, -0.2) is 58.6 Å². The number of nitrogens with zero attached hydrogens (tertiary/aromatic N) is 3. The van der Waals surface area contributed by atoms with E-state index in [9.17, 15) is 35.9 Å². The summed E-state index contributed by atoms with van der Waals surface area (Å²) in [5.74, 6) is -0.394. The number of nitrogens with one attached hydrogen (secondary N) is 1. The first-order valence-electron chi connectivity index (χ1n) is 9.02. The highest BCUT2D eigenvalue weighted by atomic mass is 32.1. The second-order valence-electron chi connectivity index (χ2n) is 7.50. The maximum absolute atomic E-state index is 12.5. The second kappa shape index (κ2) is 8.71. The molecule has 1 aromatic rings. The van der Waals surface area contributed by atoms with E-state index in [-0.39, 0.29) is 57.1 Å². The van der Waals surface area contributed by atoms with Gasteiger partial charge in [-0.15, -0.1) is 5.10 Å². The van der Waals surface area contributed by atoms with Crippen LogP contribution in [0.1, 0.15) is 25.0 Å². The molecule has 1 atom stereocenters. The second-order valence-corrected chi connectivity index (χ2v) is 7.50. The molecular weight excluding hydrogens is 454 g/mol. The Bertz CT molecular complexity index is 796. The summed E-state index contributed by atoms with van der Waals surface area (Å²) in [4.78, 5) is 25.0. The fraction of sp³-hybridized carbons (Fsp3) is 0.647. The minimum absolute atomic E-state index is 0. The van der Waals surface area contributed by atoms with Crippen LogP contribution in [0.25, 0.3) is 0 Å². The first kappa shape index (κ1) is 25.0. The van der Waals surface area contributed by atoms with Gasteiger partial charge in [-0.1, -0.05) is 0 Å². The van der Waals surface area contributed by atoms with Gasteiger partial charge in [0.15, 0.2) is 5.82 Å². The Balaban J connectivity index is 0.00000341. The van der Waals surface area contributed by atoms with Gasteiger partial charge in [0.25, 0.3) is 6.10 Å². The van der Waals surface area contributed by atoms with Crippen LogP contribution in [0.15, 0.2) is 12.1 Å². The lowest BCUT2D eigenvalue weighted by atomic mass is 9.91. The molecule has 1 spiro atoms. The molecule has 31 heavy (non-hydrogen) atoms. The number of carbonyl (C=O) groups excluding carboxylic acids is 2. The lowest BCUT2D eigenvalue weighted by Gasteiger charge is -2.33. The summed E-state index contributed by atoms with van der Waals surface area (Å²) in [7, 11) is 0. The Morgan fingerprint density at radius 2 is 1.71 bits per heavy atom. The van der Waals surface area contributed by atoms with E-state index in [1.54, 1.807) is 19.1 Å². The molecular formula is C17H20F6N4O3S. The largest absolute Gasteiger partial charge is 0.434 e. The standard InChI is InChI=1S/C17H18F6N4O3.H2S/c1-9-2-3-11(26-25-9)24-12(28)10-8-15(10)4-6-27(7-5-15)14(29)30-13(16(18,19)20)17(21,22)23;/h2-3,10,13H,4-8H2,1H3,(H,24,26,28);1H2/t10-;/m1./s1. The van der Waals surface area contributed by atoms with Crippen molar-refractivity contribution in [3.05, 3.63) is 17.8 Å². The summed E-state index contributed by atoms with van der Waals surface area (Å²) >= 11 is 0. The fourth-order valence-electron chi connectivity index (χ4n) is 3.58. The third kappa shape index (κ3) is 5.71. The highest BCUT2D eigenvalue weighted by Crippen LogP contribution is 2.59. The average Bonchev–Trinajstić information content (AvgIpc) is 3.33. The summed E-state index contributed by atoms with van der Waals surface area (Å²) in [6.45, 7) is 1.53. The molecule has 0 bridgehead atoms. The van der Waals surface area contributed by atoms with Crippen molar-refractivity contribution in [2.45, 2.75) is 44.6 Å². The van der Waals surface area contributed by atoms with Gasteiger partial charge in [0.2, 0.25) is 5.91 Å². The number of aromatic nitrogens is 2. The predicted octanol–water partition coefficient (Wildman–Crippen LogP) is 3.57. The molecule has 1 aliphatic carbocycles. The first-order valence-corrected chi connectivity index (χ1v) is 9.02. The number of alkyl halides is 6. The van der Waals surface area contributed by atoms with E-state index < -0.39 is 30.0 Å². The Morgan fingerprint density at radius 3 is 2.19 bits per heavy atom. The Labute approximate surface area is 180 Å². The van der Waals surface area contributed by atoms with Gasteiger partial charge in [0, 0.05) is 19.0 Å². The smallest absolute Gasteiger partial charge is 0.426 e. The van der Waals surface area contributed by atoms with Crippen molar-refractivity contribution in [2.75, 3.05) is 18.4 Å². The molecule has 3 rings (SSSR count). The summed E-state index contributed by atoms with van der Waals surface area (Å²) in [5, 5.41) is 10.3. The molecule has 174 valence electrons. The van der Waals surface area contributed by atoms with E-state index in [0.29, 0.717) is 12.1 Å². The number of carbonyl (C=O) groups is 2. The molecule has 2 fully saturated rings. The number of likely N-dealkylation sites (tertiary alicyclic amines) is 1. The lowest BCUT2D eigenvalue weighted by Crippen LogP contribution is -2.49. The third-order valence-corrected chi connectivity index (χ3v) is 5.39. The minimum Gasteiger partial charge on any atom is -0.426 e. The monoisotopic (exact) mass is 474 g/mol. The summed E-state index contributed by atoms with van der Waals surface area (Å²) < 4.78 is 79.0. The van der Waals surface area contributed by atoms with E-state index >= 15 is 0 Å². The molecule has 0 radical (unpaired) electrons. The maximum atomic E-state index is 12.5. The molecule has 1 aromatic heterocycles. The van der Waals surface area contributed by atoms with Gasteiger partial charge in [0.05, 0.1) is 5.69 Å². The summed E-state index contributed by atoms with van der Waals surface area (Å²) in [5.41, 5.74) is 0.236. The number of hydrogen-bond donors (Lipinski definition) is 1. The molecule has 0 unspecified atom stereocenters. The van der Waals surface area contributed by atoms with E-state index in [1.165, 1.54) is 0 Å². The molecule has 7 nitrogen and oxygen atoms in total. The van der Waals surface area contributed by atoms with Gasteiger partial charge in [-0.2, -0.15) is 44.9 Å². The number of aryl methyl sites for hydroxylation is 1. The quantitative estimate of drug-likeness (QED) is 0.678. The number of halogens is 6. The van der Waals surface area contributed by atoms with Gasteiger partial charge in [-0.25, -0.2) is 4.79 Å². The van der Waals surface area contributed by atoms with Crippen LogP contribution in [0.4, 0.5) is 37.0 Å². The topological polar surface area (TPSA) is 84.4 Å².